The second-order valence-electron chi connectivity index (χ2n) is 12.2. The van der Waals surface area contributed by atoms with E-state index in [0.29, 0.717) is 18.0 Å². The van der Waals surface area contributed by atoms with E-state index < -0.39 is 22.2 Å². The highest BCUT2D eigenvalue weighted by Crippen LogP contribution is 2.43. The molecule has 50 heavy (non-hydrogen) atoms. The molecule has 0 saturated heterocycles. The molecule has 7 rings (SSSR count). The first-order chi connectivity index (χ1) is 24.3. The molecule has 2 heterocycles. The number of aliphatic hydroxyl groups is 1. The van der Waals surface area contributed by atoms with Crippen molar-refractivity contribution in [3.05, 3.63) is 125 Å². The molecule has 2 aliphatic rings. The number of para-hydroxylation sites is 2. The molecule has 1 aliphatic heterocycles. The molecule has 0 radical (unpaired) electrons. The number of rotatable bonds is 13. The molecule has 12 heteroatoms. The van der Waals surface area contributed by atoms with E-state index in [1.807, 2.05) is 48.5 Å². The van der Waals surface area contributed by atoms with Gasteiger partial charge in [-0.1, -0.05) is 54.6 Å². The van der Waals surface area contributed by atoms with Crippen molar-refractivity contribution in [3.63, 3.8) is 0 Å². The minimum absolute atomic E-state index is 0.0288. The van der Waals surface area contributed by atoms with Crippen LogP contribution in [0.25, 0.3) is 22.2 Å². The van der Waals surface area contributed by atoms with Crippen LogP contribution in [0.15, 0.2) is 108 Å². The maximum absolute atomic E-state index is 13.6. The predicted molar refractivity (Wildman–Crippen MR) is 188 cm³/mol. The minimum Gasteiger partial charge on any atom is -0.497 e. The zero-order chi connectivity index (χ0) is 34.7. The molecule has 0 spiro atoms. The first kappa shape index (κ1) is 33.5. The number of ether oxygens (including phenoxy) is 3. The van der Waals surface area contributed by atoms with Crippen molar-refractivity contribution < 1.29 is 32.5 Å². The summed E-state index contributed by atoms with van der Waals surface area (Å²) in [5.74, 6) is 0.642. The number of H-pyrrole nitrogens is 1. The Labute approximate surface area is 290 Å². The van der Waals surface area contributed by atoms with Gasteiger partial charge in [0.2, 0.25) is 16.3 Å². The molecule has 1 amide bonds. The zero-order valence-corrected chi connectivity index (χ0v) is 28.4. The van der Waals surface area contributed by atoms with E-state index >= 15 is 0 Å². The summed E-state index contributed by atoms with van der Waals surface area (Å²) < 4.78 is 45.5. The number of allylic oxidation sites excluding steroid dienone is 1. The summed E-state index contributed by atoms with van der Waals surface area (Å²) in [5.41, 5.74) is 7.61. The highest BCUT2D eigenvalue weighted by atomic mass is 32.2. The van der Waals surface area contributed by atoms with Gasteiger partial charge >= 0.3 is 0 Å². The maximum atomic E-state index is 13.6. The highest BCUT2D eigenvalue weighted by molar-refractivity contribution is 7.89. The number of imidazole rings is 1. The van der Waals surface area contributed by atoms with Crippen molar-refractivity contribution in [2.75, 3.05) is 33.4 Å². The van der Waals surface area contributed by atoms with E-state index in [-0.39, 0.29) is 49.4 Å². The standard InChI is InChI=1S/C38H38N4O7S/c1-47-27-13-15-28(16-14-27)50(45,46)42(17-19-43)18-20-48-37-23-26(30-9-6-10-31-29-8-3-2-7-25(29)21-32(30)31)22-35(49-37)38(44)39-24-36-40-33-11-4-5-12-34(33)41-36/h2-16,22,26,37,43H,17-21,23-24H2,1H3,(H,39,44)(H,40,41)/t26-,37+/m1/s1. The van der Waals surface area contributed by atoms with Crippen LogP contribution in [0, 0.1) is 0 Å². The van der Waals surface area contributed by atoms with Gasteiger partial charge in [0.05, 0.1) is 42.8 Å². The van der Waals surface area contributed by atoms with Gasteiger partial charge in [0.15, 0.2) is 5.76 Å². The van der Waals surface area contributed by atoms with Crippen LogP contribution in [0.5, 0.6) is 5.75 Å². The molecule has 11 nitrogen and oxygen atoms in total. The minimum atomic E-state index is -3.93. The van der Waals surface area contributed by atoms with Gasteiger partial charge in [-0.25, -0.2) is 13.4 Å². The molecular weight excluding hydrogens is 657 g/mol. The SMILES string of the molecule is COc1ccc(S(=O)(=O)N(CCO)CCO[C@@H]2C[C@H](c3cccc4c3Cc3ccccc3-4)C=C(C(=O)NCc3nc4ccccc4[nH]3)O2)cc1. The maximum Gasteiger partial charge on any atom is 0.286 e. The summed E-state index contributed by atoms with van der Waals surface area (Å²) in [5, 5.41) is 12.6. The zero-order valence-electron chi connectivity index (χ0n) is 27.5. The average molecular weight is 695 g/mol. The summed E-state index contributed by atoms with van der Waals surface area (Å²) in [4.78, 5) is 21.5. The number of nitrogens with zero attached hydrogens (tertiary/aromatic N) is 2. The Kier molecular flexibility index (Phi) is 9.68. The number of carbonyl (C=O) groups excluding carboxylic acids is 1. The van der Waals surface area contributed by atoms with E-state index in [1.165, 1.54) is 45.8 Å². The van der Waals surface area contributed by atoms with Gasteiger partial charge in [0, 0.05) is 25.4 Å². The Bertz CT molecular complexity index is 2110. The van der Waals surface area contributed by atoms with E-state index in [0.717, 1.165) is 23.0 Å². The topological polar surface area (TPSA) is 143 Å². The Morgan fingerprint density at radius 2 is 1.78 bits per heavy atom. The van der Waals surface area contributed by atoms with Crippen molar-refractivity contribution in [1.82, 2.24) is 19.6 Å². The predicted octanol–water partition coefficient (Wildman–Crippen LogP) is 4.87. The van der Waals surface area contributed by atoms with E-state index in [1.54, 1.807) is 12.1 Å². The summed E-state index contributed by atoms with van der Waals surface area (Å²) in [7, 11) is -2.43. The van der Waals surface area contributed by atoms with Crippen LogP contribution in [0.1, 0.15) is 34.9 Å². The number of aromatic nitrogens is 2. The number of fused-ring (bicyclic) bond motifs is 4. The number of sulfonamides is 1. The summed E-state index contributed by atoms with van der Waals surface area (Å²) in [6, 6.07) is 28.3. The quantitative estimate of drug-likeness (QED) is 0.155. The van der Waals surface area contributed by atoms with Crippen molar-refractivity contribution in [1.29, 1.82) is 0 Å². The van der Waals surface area contributed by atoms with Crippen LogP contribution in [0.3, 0.4) is 0 Å². The second-order valence-corrected chi connectivity index (χ2v) is 14.1. The second kappa shape index (κ2) is 14.5. The number of hydrogen-bond donors (Lipinski definition) is 3. The Morgan fingerprint density at radius 3 is 2.58 bits per heavy atom. The van der Waals surface area contributed by atoms with Crippen molar-refractivity contribution in [3.8, 4) is 16.9 Å². The van der Waals surface area contributed by atoms with Crippen molar-refractivity contribution >= 4 is 27.0 Å². The lowest BCUT2D eigenvalue weighted by Gasteiger charge is -2.31. The first-order valence-corrected chi connectivity index (χ1v) is 17.9. The molecule has 258 valence electrons. The van der Waals surface area contributed by atoms with Crippen molar-refractivity contribution in [2.45, 2.75) is 36.5 Å². The fourth-order valence-corrected chi connectivity index (χ4v) is 8.07. The van der Waals surface area contributed by atoms with Crippen LogP contribution in [0.4, 0.5) is 0 Å². The molecule has 0 saturated carbocycles. The molecule has 0 fully saturated rings. The molecule has 0 unspecified atom stereocenters. The fourth-order valence-electron chi connectivity index (χ4n) is 6.65. The van der Waals surface area contributed by atoms with Gasteiger partial charge in [-0.15, -0.1) is 0 Å². The van der Waals surface area contributed by atoms with Gasteiger partial charge in [0.1, 0.15) is 11.6 Å². The number of methoxy groups -OCH3 is 1. The number of amides is 1. The van der Waals surface area contributed by atoms with Gasteiger partial charge in [-0.05, 0) is 76.7 Å². The van der Waals surface area contributed by atoms with Crippen LogP contribution in [0.2, 0.25) is 0 Å². The normalized spacial score (nSPS) is 16.8. The Balaban J connectivity index is 1.10. The molecule has 1 aromatic heterocycles. The number of nitrogens with one attached hydrogen (secondary N) is 2. The van der Waals surface area contributed by atoms with Gasteiger partial charge in [-0.3, -0.25) is 4.79 Å². The number of carbonyl (C=O) groups is 1. The van der Waals surface area contributed by atoms with Gasteiger partial charge < -0.3 is 29.6 Å². The molecule has 5 aromatic rings. The monoisotopic (exact) mass is 694 g/mol. The van der Waals surface area contributed by atoms with Crippen LogP contribution >= 0.6 is 0 Å². The van der Waals surface area contributed by atoms with Crippen LogP contribution < -0.4 is 10.1 Å². The largest absolute Gasteiger partial charge is 0.497 e. The first-order valence-electron chi connectivity index (χ1n) is 16.5. The summed E-state index contributed by atoms with van der Waals surface area (Å²) in [6.45, 7) is -0.374. The average Bonchev–Trinajstić information content (AvgIpc) is 3.74. The third-order valence-electron chi connectivity index (χ3n) is 9.11. The Hall–Kier alpha value is -5.01. The molecule has 2 atom stereocenters. The van der Waals surface area contributed by atoms with E-state index in [9.17, 15) is 18.3 Å². The van der Waals surface area contributed by atoms with Crippen molar-refractivity contribution in [2.24, 2.45) is 0 Å². The third kappa shape index (κ3) is 6.88. The number of hydrogen-bond acceptors (Lipinski definition) is 8. The summed E-state index contributed by atoms with van der Waals surface area (Å²) >= 11 is 0. The molecule has 4 aromatic carbocycles. The fraction of sp³-hybridized carbons (Fsp3) is 0.263. The van der Waals surface area contributed by atoms with Gasteiger partial charge in [0.25, 0.3) is 5.91 Å². The smallest absolute Gasteiger partial charge is 0.286 e. The highest BCUT2D eigenvalue weighted by Gasteiger charge is 2.33. The number of benzene rings is 4. The lowest BCUT2D eigenvalue weighted by Crippen LogP contribution is -2.38. The molecule has 1 aliphatic carbocycles. The van der Waals surface area contributed by atoms with Crippen LogP contribution in [-0.4, -0.2) is 73.4 Å². The molecular formula is C38H38N4O7S. The number of aromatic amines is 1. The molecule has 0 bridgehead atoms. The van der Waals surface area contributed by atoms with E-state index in [4.69, 9.17) is 14.2 Å². The third-order valence-corrected chi connectivity index (χ3v) is 11.0. The van der Waals surface area contributed by atoms with E-state index in [2.05, 4.69) is 39.6 Å². The lowest BCUT2D eigenvalue weighted by atomic mass is 9.87. The number of aliphatic hydroxyl groups excluding tert-OH is 1. The molecule has 3 N–H and O–H groups in total. The van der Waals surface area contributed by atoms with Crippen LogP contribution in [-0.2, 0) is 37.3 Å². The van der Waals surface area contributed by atoms with Gasteiger partial charge in [-0.2, -0.15) is 4.31 Å². The Morgan fingerprint density at radius 1 is 1.00 bits per heavy atom. The lowest BCUT2D eigenvalue weighted by molar-refractivity contribution is -0.146. The summed E-state index contributed by atoms with van der Waals surface area (Å²) in [6.07, 6.45) is 2.21.